The molecule has 0 spiro atoms. The first-order chi connectivity index (χ1) is 9.15. The summed E-state index contributed by atoms with van der Waals surface area (Å²) in [5, 5.41) is 0. The molecule has 2 heterocycles. The number of rotatable bonds is 2. The number of carbonyl (C=O) groups is 2. The Morgan fingerprint density at radius 1 is 1.37 bits per heavy atom. The van der Waals surface area contributed by atoms with Gasteiger partial charge < -0.3 is 4.90 Å². The van der Waals surface area contributed by atoms with Gasteiger partial charge >= 0.3 is 6.03 Å². The van der Waals surface area contributed by atoms with Crippen LogP contribution in [0.4, 0.5) is 4.79 Å². The number of urea groups is 1. The van der Waals surface area contributed by atoms with E-state index >= 15 is 0 Å². The van der Waals surface area contributed by atoms with Gasteiger partial charge in [-0.3, -0.25) is 9.69 Å². The number of hydrogen-bond donors (Lipinski definition) is 0. The Balaban J connectivity index is 1.84. The SMILES string of the molecule is C#CC[C@H](C)N1C(=O)[C@@H]2C[C@H]3CCCC[C@@H]3N2C1=O. The molecule has 0 aromatic rings. The Morgan fingerprint density at radius 2 is 2.11 bits per heavy atom. The van der Waals surface area contributed by atoms with E-state index in [4.69, 9.17) is 6.42 Å². The summed E-state index contributed by atoms with van der Waals surface area (Å²) in [4.78, 5) is 28.2. The third-order valence-corrected chi connectivity index (χ3v) is 4.89. The monoisotopic (exact) mass is 260 g/mol. The van der Waals surface area contributed by atoms with E-state index in [-0.39, 0.29) is 24.0 Å². The van der Waals surface area contributed by atoms with Crippen LogP contribution in [0.1, 0.15) is 45.4 Å². The minimum absolute atomic E-state index is 0.0258. The summed E-state index contributed by atoms with van der Waals surface area (Å²) in [6, 6.07) is -0.205. The zero-order valence-corrected chi connectivity index (χ0v) is 11.3. The Bertz CT molecular complexity index is 454. The lowest BCUT2D eigenvalue weighted by Crippen LogP contribution is -2.44. The summed E-state index contributed by atoms with van der Waals surface area (Å²) in [6.07, 6.45) is 11.2. The van der Waals surface area contributed by atoms with Gasteiger partial charge in [-0.2, -0.15) is 0 Å². The van der Waals surface area contributed by atoms with Crippen LogP contribution < -0.4 is 0 Å². The van der Waals surface area contributed by atoms with E-state index in [2.05, 4.69) is 5.92 Å². The van der Waals surface area contributed by atoms with Crippen LogP contribution >= 0.6 is 0 Å². The number of hydrogen-bond acceptors (Lipinski definition) is 2. The zero-order valence-electron chi connectivity index (χ0n) is 11.3. The van der Waals surface area contributed by atoms with Crippen molar-refractivity contribution in [1.82, 2.24) is 9.80 Å². The molecule has 3 aliphatic rings. The number of carbonyl (C=O) groups excluding carboxylic acids is 2. The minimum atomic E-state index is -0.208. The van der Waals surface area contributed by atoms with Crippen LogP contribution in [-0.4, -0.2) is 39.9 Å². The first-order valence-electron chi connectivity index (χ1n) is 7.24. The van der Waals surface area contributed by atoms with Crippen LogP contribution in [0.25, 0.3) is 0 Å². The third-order valence-electron chi connectivity index (χ3n) is 4.89. The molecule has 1 aliphatic carbocycles. The van der Waals surface area contributed by atoms with Crippen molar-refractivity contribution in [2.24, 2.45) is 5.92 Å². The fourth-order valence-corrected chi connectivity index (χ4v) is 4.00. The van der Waals surface area contributed by atoms with Crippen molar-refractivity contribution in [1.29, 1.82) is 0 Å². The molecular formula is C15H20N2O2. The quantitative estimate of drug-likeness (QED) is 0.563. The second kappa shape index (κ2) is 4.56. The predicted molar refractivity (Wildman–Crippen MR) is 71.1 cm³/mol. The molecule has 4 nitrogen and oxygen atoms in total. The molecular weight excluding hydrogens is 240 g/mol. The maximum Gasteiger partial charge on any atom is 0.327 e. The molecule has 3 amide bonds. The highest BCUT2D eigenvalue weighted by atomic mass is 16.2. The van der Waals surface area contributed by atoms with Crippen LogP contribution in [0.15, 0.2) is 0 Å². The molecule has 0 aromatic heterocycles. The number of terminal acetylenes is 1. The van der Waals surface area contributed by atoms with E-state index in [1.165, 1.54) is 17.7 Å². The second-order valence-electron chi connectivity index (χ2n) is 6.02. The van der Waals surface area contributed by atoms with Gasteiger partial charge in [0.05, 0.1) is 0 Å². The molecule has 2 saturated heterocycles. The highest BCUT2D eigenvalue weighted by Gasteiger charge is 2.56. The molecule has 2 aliphatic heterocycles. The van der Waals surface area contributed by atoms with Crippen molar-refractivity contribution >= 4 is 11.9 Å². The topological polar surface area (TPSA) is 40.6 Å². The number of imide groups is 1. The van der Waals surface area contributed by atoms with E-state index in [9.17, 15) is 9.59 Å². The lowest BCUT2D eigenvalue weighted by molar-refractivity contribution is -0.129. The highest BCUT2D eigenvalue weighted by molar-refractivity contribution is 6.05. The van der Waals surface area contributed by atoms with Crippen LogP contribution in [-0.2, 0) is 4.79 Å². The van der Waals surface area contributed by atoms with Gasteiger partial charge in [0.15, 0.2) is 0 Å². The van der Waals surface area contributed by atoms with Gasteiger partial charge in [-0.25, -0.2) is 4.79 Å². The van der Waals surface area contributed by atoms with Gasteiger partial charge in [0, 0.05) is 18.5 Å². The Hall–Kier alpha value is -1.50. The van der Waals surface area contributed by atoms with Crippen LogP contribution in [0, 0.1) is 18.3 Å². The Kier molecular flexibility index (Phi) is 3.00. The molecule has 0 aromatic carbocycles. The van der Waals surface area contributed by atoms with Crippen molar-refractivity contribution in [2.75, 3.05) is 0 Å². The molecule has 1 saturated carbocycles. The Labute approximate surface area is 114 Å². The minimum Gasteiger partial charge on any atom is -0.309 e. The summed E-state index contributed by atoms with van der Waals surface area (Å²) in [5.74, 6) is 3.06. The molecule has 0 bridgehead atoms. The fourth-order valence-electron chi connectivity index (χ4n) is 4.00. The maximum absolute atomic E-state index is 12.5. The summed E-state index contributed by atoms with van der Waals surface area (Å²) in [7, 11) is 0. The third kappa shape index (κ3) is 1.75. The van der Waals surface area contributed by atoms with E-state index in [0.29, 0.717) is 18.4 Å². The molecule has 3 rings (SSSR count). The van der Waals surface area contributed by atoms with Gasteiger partial charge in [0.2, 0.25) is 0 Å². The molecule has 4 atom stereocenters. The molecule has 0 N–H and O–H groups in total. The van der Waals surface area contributed by atoms with Crippen LogP contribution in [0.2, 0.25) is 0 Å². The lowest BCUT2D eigenvalue weighted by atomic mass is 9.84. The normalized spacial score (nSPS) is 35.1. The largest absolute Gasteiger partial charge is 0.327 e. The Morgan fingerprint density at radius 3 is 2.84 bits per heavy atom. The average molecular weight is 260 g/mol. The van der Waals surface area contributed by atoms with Gasteiger partial charge in [-0.15, -0.1) is 12.3 Å². The number of nitrogens with zero attached hydrogens (tertiary/aromatic N) is 2. The van der Waals surface area contributed by atoms with E-state index in [1.54, 1.807) is 0 Å². The van der Waals surface area contributed by atoms with Gasteiger partial charge in [-0.05, 0) is 32.1 Å². The van der Waals surface area contributed by atoms with Gasteiger partial charge in [-0.1, -0.05) is 12.8 Å². The molecule has 0 unspecified atom stereocenters. The fraction of sp³-hybridized carbons (Fsp3) is 0.733. The van der Waals surface area contributed by atoms with Crippen LogP contribution in [0.5, 0.6) is 0 Å². The van der Waals surface area contributed by atoms with Crippen molar-refractivity contribution in [3.8, 4) is 12.3 Å². The molecule has 4 heteroatoms. The van der Waals surface area contributed by atoms with Crippen molar-refractivity contribution < 1.29 is 9.59 Å². The molecule has 19 heavy (non-hydrogen) atoms. The first-order valence-corrected chi connectivity index (χ1v) is 7.24. The molecule has 3 fully saturated rings. The highest BCUT2D eigenvalue weighted by Crippen LogP contribution is 2.43. The van der Waals surface area contributed by atoms with Crippen molar-refractivity contribution in [3.05, 3.63) is 0 Å². The average Bonchev–Trinajstić information content (AvgIpc) is 2.87. The first kappa shape index (κ1) is 12.5. The number of amides is 3. The van der Waals surface area contributed by atoms with E-state index in [0.717, 1.165) is 19.3 Å². The molecule has 102 valence electrons. The van der Waals surface area contributed by atoms with Gasteiger partial charge in [0.1, 0.15) is 6.04 Å². The van der Waals surface area contributed by atoms with Gasteiger partial charge in [0.25, 0.3) is 5.91 Å². The zero-order chi connectivity index (χ0) is 13.6. The second-order valence-corrected chi connectivity index (χ2v) is 6.02. The lowest BCUT2D eigenvalue weighted by Gasteiger charge is -2.31. The maximum atomic E-state index is 12.5. The van der Waals surface area contributed by atoms with E-state index < -0.39 is 0 Å². The standard InChI is InChI=1S/C15H20N2O2/c1-3-6-10(2)16-14(18)13-9-11-7-4-5-8-12(11)17(13)15(16)19/h1,10-13H,4-9H2,2H3/t10-,11+,12-,13-/m0/s1. The number of fused-ring (bicyclic) bond motifs is 3. The van der Waals surface area contributed by atoms with Crippen LogP contribution in [0.3, 0.4) is 0 Å². The van der Waals surface area contributed by atoms with Crippen molar-refractivity contribution in [3.63, 3.8) is 0 Å². The summed E-state index contributed by atoms with van der Waals surface area (Å²) in [6.45, 7) is 1.86. The summed E-state index contributed by atoms with van der Waals surface area (Å²) < 4.78 is 0. The smallest absolute Gasteiger partial charge is 0.309 e. The predicted octanol–water partition coefficient (Wildman–Crippen LogP) is 1.99. The summed E-state index contributed by atoms with van der Waals surface area (Å²) >= 11 is 0. The van der Waals surface area contributed by atoms with E-state index in [1.807, 2.05) is 11.8 Å². The summed E-state index contributed by atoms with van der Waals surface area (Å²) in [5.41, 5.74) is 0. The van der Waals surface area contributed by atoms with Crippen molar-refractivity contribution in [2.45, 2.75) is 63.6 Å². The molecule has 0 radical (unpaired) electrons.